The first-order valence-electron chi connectivity index (χ1n) is 8.63. The van der Waals surface area contributed by atoms with Gasteiger partial charge in [-0.05, 0) is 63.0 Å². The monoisotopic (exact) mass is 315 g/mol. The Labute approximate surface area is 137 Å². The average Bonchev–Trinajstić information content (AvgIpc) is 2.55. The lowest BCUT2D eigenvalue weighted by Gasteiger charge is -2.38. The molecule has 1 atom stereocenters. The molecule has 4 heteroatoms. The molecule has 0 aromatic heterocycles. The number of carbonyl (C=O) groups excluding carboxylic acids is 1. The van der Waals surface area contributed by atoms with Crippen molar-refractivity contribution < 1.29 is 14.7 Å². The van der Waals surface area contributed by atoms with E-state index in [1.54, 1.807) is 0 Å². The van der Waals surface area contributed by atoms with Crippen LogP contribution in [0, 0.1) is 11.8 Å². The van der Waals surface area contributed by atoms with E-state index in [0.29, 0.717) is 25.7 Å². The van der Waals surface area contributed by atoms with Gasteiger partial charge < -0.3 is 10.4 Å². The summed E-state index contributed by atoms with van der Waals surface area (Å²) in [5, 5.41) is 12.4. The number of carboxylic acid groups (broad SMARTS) is 1. The second-order valence-electron chi connectivity index (χ2n) is 7.22. The Morgan fingerprint density at radius 3 is 2.48 bits per heavy atom. The highest BCUT2D eigenvalue weighted by atomic mass is 16.4. The third-order valence-corrected chi connectivity index (χ3v) is 5.58. The SMILES string of the molecule is CC1(NC(=O)C2CCC(C(=O)O)CC2)CCCc2ccccc21. The number of hydrogen-bond donors (Lipinski definition) is 2. The predicted molar refractivity (Wildman–Crippen MR) is 88.0 cm³/mol. The fraction of sp³-hybridized carbons (Fsp3) is 0.579. The number of aryl methyl sites for hydroxylation is 1. The van der Waals surface area contributed by atoms with Gasteiger partial charge in [-0.1, -0.05) is 24.3 Å². The zero-order valence-corrected chi connectivity index (χ0v) is 13.7. The van der Waals surface area contributed by atoms with E-state index in [4.69, 9.17) is 5.11 Å². The van der Waals surface area contributed by atoms with Crippen LogP contribution >= 0.6 is 0 Å². The van der Waals surface area contributed by atoms with Gasteiger partial charge in [0.2, 0.25) is 5.91 Å². The molecule has 0 spiro atoms. The lowest BCUT2D eigenvalue weighted by molar-refractivity contribution is -0.144. The van der Waals surface area contributed by atoms with E-state index in [2.05, 4.69) is 30.4 Å². The maximum absolute atomic E-state index is 12.7. The molecule has 1 aromatic rings. The predicted octanol–water partition coefficient (Wildman–Crippen LogP) is 3.25. The van der Waals surface area contributed by atoms with Gasteiger partial charge in [-0.25, -0.2) is 0 Å². The van der Waals surface area contributed by atoms with E-state index in [9.17, 15) is 9.59 Å². The van der Waals surface area contributed by atoms with Gasteiger partial charge in [-0.2, -0.15) is 0 Å². The number of rotatable bonds is 3. The van der Waals surface area contributed by atoms with Crippen molar-refractivity contribution in [3.8, 4) is 0 Å². The summed E-state index contributed by atoms with van der Waals surface area (Å²) in [7, 11) is 0. The summed E-state index contributed by atoms with van der Waals surface area (Å²) in [6, 6.07) is 8.36. The van der Waals surface area contributed by atoms with Crippen LogP contribution in [0.25, 0.3) is 0 Å². The first kappa shape index (κ1) is 16.0. The summed E-state index contributed by atoms with van der Waals surface area (Å²) >= 11 is 0. The second-order valence-corrected chi connectivity index (χ2v) is 7.22. The van der Waals surface area contributed by atoms with Crippen LogP contribution in [0.5, 0.6) is 0 Å². The molecular formula is C19H25NO3. The average molecular weight is 315 g/mol. The van der Waals surface area contributed by atoms with E-state index in [-0.39, 0.29) is 23.3 Å². The number of nitrogens with one attached hydrogen (secondary N) is 1. The summed E-state index contributed by atoms with van der Waals surface area (Å²) in [4.78, 5) is 23.7. The molecule has 2 aliphatic rings. The highest BCUT2D eigenvalue weighted by Gasteiger charge is 2.36. The van der Waals surface area contributed by atoms with E-state index >= 15 is 0 Å². The number of benzene rings is 1. The van der Waals surface area contributed by atoms with Crippen LogP contribution in [0.4, 0.5) is 0 Å². The van der Waals surface area contributed by atoms with Crippen LogP contribution in [0.3, 0.4) is 0 Å². The topological polar surface area (TPSA) is 66.4 Å². The van der Waals surface area contributed by atoms with Crippen LogP contribution in [0.15, 0.2) is 24.3 Å². The van der Waals surface area contributed by atoms with Crippen LogP contribution in [0.1, 0.15) is 56.6 Å². The number of fused-ring (bicyclic) bond motifs is 1. The van der Waals surface area contributed by atoms with E-state index in [1.165, 1.54) is 11.1 Å². The van der Waals surface area contributed by atoms with Gasteiger partial charge in [-0.15, -0.1) is 0 Å². The molecule has 1 amide bonds. The quantitative estimate of drug-likeness (QED) is 0.900. The minimum atomic E-state index is -0.725. The molecule has 23 heavy (non-hydrogen) atoms. The standard InChI is InChI=1S/C19H25NO3/c1-19(12-4-6-13-5-2-3-7-16(13)19)20-17(21)14-8-10-15(11-9-14)18(22)23/h2-3,5,7,14-15H,4,6,8-12H2,1H3,(H,20,21)(H,22,23). The summed E-state index contributed by atoms with van der Waals surface area (Å²) in [6.45, 7) is 2.12. The molecule has 3 rings (SSSR count). The van der Waals surface area contributed by atoms with Crippen molar-refractivity contribution in [2.75, 3.05) is 0 Å². The van der Waals surface area contributed by atoms with Gasteiger partial charge in [0, 0.05) is 5.92 Å². The van der Waals surface area contributed by atoms with Gasteiger partial charge >= 0.3 is 5.97 Å². The number of aliphatic carboxylic acids is 1. The second kappa shape index (κ2) is 6.34. The molecule has 0 bridgehead atoms. The van der Waals surface area contributed by atoms with Gasteiger partial charge in [-0.3, -0.25) is 9.59 Å². The number of carbonyl (C=O) groups is 2. The fourth-order valence-corrected chi connectivity index (χ4v) is 4.15. The Kier molecular flexibility index (Phi) is 4.42. The molecule has 0 saturated heterocycles. The number of hydrogen-bond acceptors (Lipinski definition) is 2. The summed E-state index contributed by atoms with van der Waals surface area (Å²) < 4.78 is 0. The van der Waals surface area contributed by atoms with Crippen LogP contribution in [0.2, 0.25) is 0 Å². The first-order valence-corrected chi connectivity index (χ1v) is 8.63. The Balaban J connectivity index is 1.68. The molecule has 0 aliphatic heterocycles. The third-order valence-electron chi connectivity index (χ3n) is 5.58. The molecule has 0 radical (unpaired) electrons. The van der Waals surface area contributed by atoms with E-state index in [1.807, 2.05) is 6.07 Å². The molecule has 1 fully saturated rings. The maximum atomic E-state index is 12.7. The Hall–Kier alpha value is -1.84. The van der Waals surface area contributed by atoms with Crippen molar-refractivity contribution in [3.63, 3.8) is 0 Å². The third kappa shape index (κ3) is 3.26. The molecule has 2 aliphatic carbocycles. The lowest BCUT2D eigenvalue weighted by Crippen LogP contribution is -2.48. The minimum Gasteiger partial charge on any atom is -0.481 e. The van der Waals surface area contributed by atoms with E-state index < -0.39 is 5.97 Å². The Morgan fingerprint density at radius 2 is 1.78 bits per heavy atom. The van der Waals surface area contributed by atoms with Crippen molar-refractivity contribution in [1.82, 2.24) is 5.32 Å². The van der Waals surface area contributed by atoms with Crippen molar-refractivity contribution in [2.45, 2.75) is 57.4 Å². The van der Waals surface area contributed by atoms with Crippen LogP contribution in [-0.4, -0.2) is 17.0 Å². The smallest absolute Gasteiger partial charge is 0.306 e. The molecule has 4 nitrogen and oxygen atoms in total. The van der Waals surface area contributed by atoms with Crippen molar-refractivity contribution in [1.29, 1.82) is 0 Å². The highest BCUT2D eigenvalue weighted by molar-refractivity contribution is 5.80. The summed E-state index contributed by atoms with van der Waals surface area (Å²) in [5.74, 6) is -0.952. The zero-order chi connectivity index (χ0) is 16.4. The highest BCUT2D eigenvalue weighted by Crippen LogP contribution is 2.36. The molecule has 1 aromatic carbocycles. The van der Waals surface area contributed by atoms with Gasteiger partial charge in [0.1, 0.15) is 0 Å². The summed E-state index contributed by atoms with van der Waals surface area (Å²) in [5.41, 5.74) is 2.27. The largest absolute Gasteiger partial charge is 0.481 e. The number of amides is 1. The fourth-order valence-electron chi connectivity index (χ4n) is 4.15. The van der Waals surface area contributed by atoms with Gasteiger partial charge in [0.25, 0.3) is 0 Å². The molecule has 2 N–H and O–H groups in total. The molecule has 124 valence electrons. The lowest BCUT2D eigenvalue weighted by atomic mass is 9.76. The summed E-state index contributed by atoms with van der Waals surface area (Å²) in [6.07, 6.45) is 5.70. The van der Waals surface area contributed by atoms with E-state index in [0.717, 1.165) is 19.3 Å². The number of carboxylic acids is 1. The van der Waals surface area contributed by atoms with Crippen LogP contribution in [-0.2, 0) is 21.5 Å². The normalized spacial score (nSPS) is 30.3. The minimum absolute atomic E-state index is 0.0449. The maximum Gasteiger partial charge on any atom is 0.306 e. The Morgan fingerprint density at radius 1 is 1.13 bits per heavy atom. The molecule has 1 unspecified atom stereocenters. The first-order chi connectivity index (χ1) is 11.0. The Bertz CT molecular complexity index is 604. The molecule has 0 heterocycles. The van der Waals surface area contributed by atoms with Gasteiger partial charge in [0.05, 0.1) is 11.5 Å². The zero-order valence-electron chi connectivity index (χ0n) is 13.7. The van der Waals surface area contributed by atoms with Crippen molar-refractivity contribution in [3.05, 3.63) is 35.4 Å². The van der Waals surface area contributed by atoms with Gasteiger partial charge in [0.15, 0.2) is 0 Å². The van der Waals surface area contributed by atoms with Crippen molar-refractivity contribution >= 4 is 11.9 Å². The van der Waals surface area contributed by atoms with Crippen molar-refractivity contribution in [2.24, 2.45) is 11.8 Å². The molecule has 1 saturated carbocycles. The molecular weight excluding hydrogens is 290 g/mol. The van der Waals surface area contributed by atoms with Crippen LogP contribution < -0.4 is 5.32 Å².